The van der Waals surface area contributed by atoms with Crippen LogP contribution in [0, 0.1) is 0 Å². The van der Waals surface area contributed by atoms with Gasteiger partial charge in [-0.2, -0.15) is 4.31 Å². The molecule has 0 spiro atoms. The lowest BCUT2D eigenvalue weighted by Gasteiger charge is -2.16. The zero-order chi connectivity index (χ0) is 18.0. The van der Waals surface area contributed by atoms with Crippen molar-refractivity contribution in [3.8, 4) is 5.75 Å². The Hall–Kier alpha value is -1.61. The van der Waals surface area contributed by atoms with Crippen LogP contribution in [-0.2, 0) is 10.0 Å². The van der Waals surface area contributed by atoms with Crippen LogP contribution in [0.5, 0.6) is 5.75 Å². The van der Waals surface area contributed by atoms with E-state index in [1.807, 2.05) is 0 Å². The van der Waals surface area contributed by atoms with Gasteiger partial charge in [-0.05, 0) is 42.5 Å². The Morgan fingerprint density at radius 1 is 1.28 bits per heavy atom. The average molecular weight is 401 g/mol. The molecular formula is C16H17ClN2O4S2. The van der Waals surface area contributed by atoms with Crippen molar-refractivity contribution < 1.29 is 17.9 Å². The molecular weight excluding hydrogens is 384 g/mol. The molecule has 1 N–H and O–H groups in total. The molecule has 0 atom stereocenters. The lowest BCUT2D eigenvalue weighted by molar-refractivity contribution is 0.102. The van der Waals surface area contributed by atoms with Crippen molar-refractivity contribution in [3.05, 3.63) is 39.5 Å². The van der Waals surface area contributed by atoms with E-state index in [2.05, 4.69) is 5.32 Å². The highest BCUT2D eigenvalue weighted by Crippen LogP contribution is 2.31. The van der Waals surface area contributed by atoms with Crippen LogP contribution in [0.2, 0.25) is 5.02 Å². The van der Waals surface area contributed by atoms with E-state index in [1.165, 1.54) is 17.5 Å². The number of benzene rings is 1. The molecule has 134 valence electrons. The Balaban J connectivity index is 1.90. The van der Waals surface area contributed by atoms with Crippen LogP contribution in [0.25, 0.3) is 0 Å². The van der Waals surface area contributed by atoms with Gasteiger partial charge >= 0.3 is 0 Å². The Labute approximate surface area is 155 Å². The molecule has 6 nitrogen and oxygen atoms in total. The summed E-state index contributed by atoms with van der Waals surface area (Å²) in [6.45, 7) is 0.975. The van der Waals surface area contributed by atoms with Crippen molar-refractivity contribution in [3.63, 3.8) is 0 Å². The van der Waals surface area contributed by atoms with Crippen LogP contribution in [-0.4, -0.2) is 38.8 Å². The van der Waals surface area contributed by atoms with E-state index in [1.54, 1.807) is 23.6 Å². The summed E-state index contributed by atoms with van der Waals surface area (Å²) in [4.78, 5) is 12.8. The van der Waals surface area contributed by atoms with Crippen LogP contribution in [0.1, 0.15) is 22.5 Å². The zero-order valence-electron chi connectivity index (χ0n) is 13.5. The molecule has 0 radical (unpaired) electrons. The van der Waals surface area contributed by atoms with Gasteiger partial charge in [-0.25, -0.2) is 8.42 Å². The van der Waals surface area contributed by atoms with Gasteiger partial charge in [-0.15, -0.1) is 11.3 Å². The second-order valence-corrected chi connectivity index (χ2v) is 8.78. The van der Waals surface area contributed by atoms with Crippen LogP contribution in [0.4, 0.5) is 5.69 Å². The van der Waals surface area contributed by atoms with Crippen molar-refractivity contribution in [2.75, 3.05) is 25.5 Å². The highest BCUT2D eigenvalue weighted by atomic mass is 35.5. The molecule has 1 aromatic carbocycles. The summed E-state index contributed by atoms with van der Waals surface area (Å²) in [5.74, 6) is -0.0633. The fourth-order valence-electron chi connectivity index (χ4n) is 2.69. The molecule has 1 fully saturated rings. The van der Waals surface area contributed by atoms with Crippen molar-refractivity contribution in [2.24, 2.45) is 0 Å². The third-order valence-corrected chi connectivity index (χ3v) is 7.15. The Bertz CT molecular complexity index is 889. The molecule has 2 heterocycles. The maximum atomic E-state index is 12.8. The number of methoxy groups -OCH3 is 1. The van der Waals surface area contributed by atoms with Crippen molar-refractivity contribution in [2.45, 2.75) is 17.7 Å². The van der Waals surface area contributed by atoms with Crippen LogP contribution in [0.15, 0.2) is 34.5 Å². The van der Waals surface area contributed by atoms with Crippen LogP contribution >= 0.6 is 22.9 Å². The number of nitrogens with zero attached hydrogens (tertiary/aromatic N) is 1. The van der Waals surface area contributed by atoms with Gasteiger partial charge in [0, 0.05) is 18.1 Å². The predicted molar refractivity (Wildman–Crippen MR) is 98.3 cm³/mol. The first-order valence-corrected chi connectivity index (χ1v) is 10.4. The fraction of sp³-hybridized carbons (Fsp3) is 0.312. The minimum Gasteiger partial charge on any atom is -0.495 e. The largest absolute Gasteiger partial charge is 0.495 e. The van der Waals surface area contributed by atoms with Gasteiger partial charge in [0.25, 0.3) is 5.91 Å². The minimum atomic E-state index is -3.66. The molecule has 2 aromatic rings. The van der Waals surface area contributed by atoms with Gasteiger partial charge in [-0.3, -0.25) is 4.79 Å². The summed E-state index contributed by atoms with van der Waals surface area (Å²) in [6.07, 6.45) is 1.68. The topological polar surface area (TPSA) is 75.7 Å². The molecule has 25 heavy (non-hydrogen) atoms. The summed E-state index contributed by atoms with van der Waals surface area (Å²) < 4.78 is 32.1. The molecule has 0 aliphatic carbocycles. The van der Waals surface area contributed by atoms with Crippen molar-refractivity contribution in [1.29, 1.82) is 0 Å². The van der Waals surface area contributed by atoms with E-state index in [9.17, 15) is 13.2 Å². The van der Waals surface area contributed by atoms with E-state index in [0.29, 0.717) is 29.5 Å². The van der Waals surface area contributed by atoms with E-state index >= 15 is 0 Å². The molecule has 1 amide bonds. The number of anilines is 1. The summed E-state index contributed by atoms with van der Waals surface area (Å²) in [7, 11) is -2.18. The van der Waals surface area contributed by atoms with E-state index in [4.69, 9.17) is 16.3 Å². The standard InChI is InChI=1S/C16H17ClN2O4S2/c1-23-13-5-4-11(17)10-12(13)18-16(20)15-14(6-9-24-15)25(21,22)19-7-2-3-8-19/h4-6,9-10H,2-3,7-8H2,1H3,(H,18,20). The number of amides is 1. The molecule has 3 rings (SSSR count). The van der Waals surface area contributed by atoms with Gasteiger partial charge in [-0.1, -0.05) is 11.6 Å². The predicted octanol–water partition coefficient (Wildman–Crippen LogP) is 3.45. The molecule has 0 unspecified atom stereocenters. The molecule has 1 aromatic heterocycles. The number of carbonyl (C=O) groups excluding carboxylic acids is 1. The van der Waals surface area contributed by atoms with E-state index < -0.39 is 15.9 Å². The monoisotopic (exact) mass is 400 g/mol. The summed E-state index contributed by atoms with van der Waals surface area (Å²) in [5.41, 5.74) is 0.387. The number of thiophene rings is 1. The number of rotatable bonds is 5. The maximum Gasteiger partial charge on any atom is 0.267 e. The van der Waals surface area contributed by atoms with Crippen LogP contribution < -0.4 is 10.1 Å². The van der Waals surface area contributed by atoms with Gasteiger partial charge in [0.2, 0.25) is 10.0 Å². The summed E-state index contributed by atoms with van der Waals surface area (Å²) in [6, 6.07) is 6.31. The first kappa shape index (κ1) is 18.2. The first-order chi connectivity index (χ1) is 11.9. The van der Waals surface area contributed by atoms with Gasteiger partial charge in [0.05, 0.1) is 12.8 Å². The lowest BCUT2D eigenvalue weighted by Crippen LogP contribution is -2.29. The first-order valence-electron chi connectivity index (χ1n) is 7.66. The minimum absolute atomic E-state index is 0.0397. The third-order valence-electron chi connectivity index (χ3n) is 3.93. The van der Waals surface area contributed by atoms with Gasteiger partial charge in [0.15, 0.2) is 0 Å². The number of carbonyl (C=O) groups is 1. The quantitative estimate of drug-likeness (QED) is 0.834. The number of hydrogen-bond donors (Lipinski definition) is 1. The van der Waals surface area contributed by atoms with Gasteiger partial charge < -0.3 is 10.1 Å². The smallest absolute Gasteiger partial charge is 0.267 e. The lowest BCUT2D eigenvalue weighted by atomic mass is 10.3. The Morgan fingerprint density at radius 3 is 2.68 bits per heavy atom. The average Bonchev–Trinajstić information content (AvgIpc) is 3.27. The number of hydrogen-bond acceptors (Lipinski definition) is 5. The highest BCUT2D eigenvalue weighted by molar-refractivity contribution is 7.89. The third kappa shape index (κ3) is 3.67. The molecule has 1 aliphatic rings. The number of sulfonamides is 1. The van der Waals surface area contributed by atoms with Crippen molar-refractivity contribution >= 4 is 44.6 Å². The second kappa shape index (κ2) is 7.33. The van der Waals surface area contributed by atoms with E-state index in [0.717, 1.165) is 24.2 Å². The molecule has 0 saturated carbocycles. The number of nitrogens with one attached hydrogen (secondary N) is 1. The Kier molecular flexibility index (Phi) is 5.33. The molecule has 9 heteroatoms. The maximum absolute atomic E-state index is 12.8. The molecule has 1 aliphatic heterocycles. The SMILES string of the molecule is COc1ccc(Cl)cc1NC(=O)c1sccc1S(=O)(=O)N1CCCC1. The highest BCUT2D eigenvalue weighted by Gasteiger charge is 2.32. The molecule has 0 bridgehead atoms. The zero-order valence-corrected chi connectivity index (χ0v) is 15.9. The van der Waals surface area contributed by atoms with Gasteiger partial charge in [0.1, 0.15) is 15.5 Å². The number of ether oxygens (including phenoxy) is 1. The van der Waals surface area contributed by atoms with E-state index in [-0.39, 0.29) is 9.77 Å². The second-order valence-electron chi connectivity index (χ2n) is 5.52. The normalized spacial score (nSPS) is 15.3. The fourth-order valence-corrected chi connectivity index (χ4v) is 5.68. The van der Waals surface area contributed by atoms with Crippen molar-refractivity contribution in [1.82, 2.24) is 4.31 Å². The summed E-state index contributed by atoms with van der Waals surface area (Å²) in [5, 5.41) is 4.73. The molecule has 1 saturated heterocycles. The Morgan fingerprint density at radius 2 is 2.00 bits per heavy atom. The van der Waals surface area contributed by atoms with Crippen LogP contribution in [0.3, 0.4) is 0 Å². The number of halogens is 1. The summed E-state index contributed by atoms with van der Waals surface area (Å²) >= 11 is 7.05.